The Balaban J connectivity index is 1.77. The van der Waals surface area contributed by atoms with Crippen LogP contribution in [0.2, 0.25) is 10.0 Å². The van der Waals surface area contributed by atoms with Crippen LogP contribution in [-0.2, 0) is 4.79 Å². The molecule has 6 heteroatoms. The molecule has 1 atom stereocenters. The topological polar surface area (TPSA) is 53.4 Å². The Labute approximate surface area is 173 Å². The monoisotopic (exact) mass is 414 g/mol. The molecule has 1 aliphatic heterocycles. The number of aromatic nitrogens is 1. The van der Waals surface area contributed by atoms with Crippen molar-refractivity contribution in [1.29, 1.82) is 0 Å². The van der Waals surface area contributed by atoms with Gasteiger partial charge < -0.3 is 5.11 Å². The van der Waals surface area contributed by atoms with Crippen molar-refractivity contribution in [2.75, 3.05) is 13.1 Å². The fourth-order valence-electron chi connectivity index (χ4n) is 3.91. The number of carboxylic acid groups (broad SMARTS) is 1. The maximum atomic E-state index is 11.3. The van der Waals surface area contributed by atoms with Gasteiger partial charge in [-0.15, -0.1) is 0 Å². The predicted octanol–water partition coefficient (Wildman–Crippen LogP) is 5.43. The molecule has 1 unspecified atom stereocenters. The van der Waals surface area contributed by atoms with Gasteiger partial charge in [0.1, 0.15) is 0 Å². The average molecular weight is 415 g/mol. The second-order valence-electron chi connectivity index (χ2n) is 7.12. The largest absolute Gasteiger partial charge is 0.481 e. The molecule has 4 nitrogen and oxygen atoms in total. The highest BCUT2D eigenvalue weighted by atomic mass is 35.5. The van der Waals surface area contributed by atoms with Crippen LogP contribution in [0, 0.1) is 5.92 Å². The molecule has 1 aromatic heterocycles. The molecule has 0 amide bonds. The summed E-state index contributed by atoms with van der Waals surface area (Å²) < 4.78 is 0. The van der Waals surface area contributed by atoms with Crippen LogP contribution in [0.25, 0.3) is 10.9 Å². The first kappa shape index (κ1) is 19.2. The lowest BCUT2D eigenvalue weighted by Crippen LogP contribution is -2.39. The second-order valence-corrected chi connectivity index (χ2v) is 7.91. The molecule has 4 rings (SSSR count). The van der Waals surface area contributed by atoms with Crippen molar-refractivity contribution in [3.8, 4) is 0 Å². The Hall–Kier alpha value is -2.14. The van der Waals surface area contributed by atoms with Crippen LogP contribution in [0.15, 0.2) is 54.6 Å². The zero-order valence-corrected chi connectivity index (χ0v) is 16.7. The van der Waals surface area contributed by atoms with E-state index >= 15 is 0 Å². The Morgan fingerprint density at radius 1 is 1.04 bits per heavy atom. The van der Waals surface area contributed by atoms with Crippen LogP contribution in [0.1, 0.15) is 30.1 Å². The van der Waals surface area contributed by atoms with Gasteiger partial charge >= 0.3 is 5.97 Å². The third kappa shape index (κ3) is 3.72. The van der Waals surface area contributed by atoms with Gasteiger partial charge in [0, 0.05) is 5.39 Å². The maximum Gasteiger partial charge on any atom is 0.306 e. The van der Waals surface area contributed by atoms with Crippen molar-refractivity contribution < 1.29 is 9.90 Å². The van der Waals surface area contributed by atoms with E-state index in [4.69, 9.17) is 28.2 Å². The lowest BCUT2D eigenvalue weighted by Gasteiger charge is -2.37. The van der Waals surface area contributed by atoms with Gasteiger partial charge in [0.25, 0.3) is 0 Å². The Kier molecular flexibility index (Phi) is 5.54. The van der Waals surface area contributed by atoms with Gasteiger partial charge in [0.15, 0.2) is 0 Å². The van der Waals surface area contributed by atoms with E-state index in [1.807, 2.05) is 42.5 Å². The molecular weight excluding hydrogens is 395 g/mol. The summed E-state index contributed by atoms with van der Waals surface area (Å²) in [5.41, 5.74) is 2.70. The number of likely N-dealkylation sites (tertiary alicyclic amines) is 1. The predicted molar refractivity (Wildman–Crippen MR) is 112 cm³/mol. The first-order valence-corrected chi connectivity index (χ1v) is 10.1. The van der Waals surface area contributed by atoms with E-state index in [0.717, 1.165) is 22.2 Å². The van der Waals surface area contributed by atoms with Crippen molar-refractivity contribution in [2.24, 2.45) is 5.92 Å². The number of piperidine rings is 1. The van der Waals surface area contributed by atoms with E-state index in [2.05, 4.69) is 11.0 Å². The number of hydrogen-bond donors (Lipinski definition) is 1. The number of aliphatic carboxylic acids is 1. The second kappa shape index (κ2) is 8.08. The van der Waals surface area contributed by atoms with Gasteiger partial charge in [-0.1, -0.05) is 59.6 Å². The molecule has 2 heterocycles. The van der Waals surface area contributed by atoms with Crippen LogP contribution < -0.4 is 0 Å². The summed E-state index contributed by atoms with van der Waals surface area (Å²) in [7, 11) is 0. The molecule has 0 spiro atoms. The van der Waals surface area contributed by atoms with E-state index < -0.39 is 5.97 Å². The number of halogens is 2. The number of hydrogen-bond acceptors (Lipinski definition) is 3. The maximum absolute atomic E-state index is 11.3. The zero-order chi connectivity index (χ0) is 19.7. The third-order valence-electron chi connectivity index (χ3n) is 5.42. The number of rotatable bonds is 4. The summed E-state index contributed by atoms with van der Waals surface area (Å²) >= 11 is 12.9. The molecule has 2 aromatic carbocycles. The molecule has 0 radical (unpaired) electrons. The van der Waals surface area contributed by atoms with Gasteiger partial charge in [-0.25, -0.2) is 0 Å². The summed E-state index contributed by atoms with van der Waals surface area (Å²) in [6, 6.07) is 17.5. The smallest absolute Gasteiger partial charge is 0.306 e. The van der Waals surface area contributed by atoms with Crippen molar-refractivity contribution >= 4 is 40.1 Å². The van der Waals surface area contributed by atoms with Crippen molar-refractivity contribution in [3.63, 3.8) is 0 Å². The molecule has 144 valence electrons. The molecule has 1 aliphatic rings. The van der Waals surface area contributed by atoms with Gasteiger partial charge in [-0.3, -0.25) is 14.7 Å². The molecule has 0 saturated carbocycles. The summed E-state index contributed by atoms with van der Waals surface area (Å²) in [6.45, 7) is 1.33. The van der Waals surface area contributed by atoms with E-state index in [-0.39, 0.29) is 12.0 Å². The Morgan fingerprint density at radius 2 is 1.79 bits per heavy atom. The molecule has 1 fully saturated rings. The van der Waals surface area contributed by atoms with Crippen molar-refractivity contribution in [3.05, 3.63) is 75.9 Å². The quantitative estimate of drug-likeness (QED) is 0.618. The minimum atomic E-state index is -0.721. The average Bonchev–Trinajstić information content (AvgIpc) is 2.71. The van der Waals surface area contributed by atoms with Crippen molar-refractivity contribution in [2.45, 2.75) is 18.9 Å². The van der Waals surface area contributed by atoms with Gasteiger partial charge in [0.05, 0.1) is 33.2 Å². The first-order valence-electron chi connectivity index (χ1n) is 9.31. The first-order chi connectivity index (χ1) is 13.5. The number of nitrogens with zero attached hydrogens (tertiary/aromatic N) is 2. The minimum Gasteiger partial charge on any atom is -0.481 e. The molecule has 0 aliphatic carbocycles. The van der Waals surface area contributed by atoms with E-state index in [0.29, 0.717) is 36.0 Å². The molecular formula is C22H20Cl2N2O2. The highest BCUT2D eigenvalue weighted by Crippen LogP contribution is 2.38. The zero-order valence-electron chi connectivity index (χ0n) is 15.2. The Bertz CT molecular complexity index is 1020. The van der Waals surface area contributed by atoms with Gasteiger partial charge in [0.2, 0.25) is 0 Å². The number of fused-ring (bicyclic) bond motifs is 1. The number of benzene rings is 2. The van der Waals surface area contributed by atoms with E-state index in [1.165, 1.54) is 0 Å². The van der Waals surface area contributed by atoms with Gasteiger partial charge in [-0.2, -0.15) is 0 Å². The van der Waals surface area contributed by atoms with Crippen LogP contribution in [-0.4, -0.2) is 34.0 Å². The third-order valence-corrected chi connectivity index (χ3v) is 6.25. The lowest BCUT2D eigenvalue weighted by atomic mass is 9.93. The molecule has 1 saturated heterocycles. The number of pyridine rings is 1. The number of carboxylic acids is 1. The van der Waals surface area contributed by atoms with E-state index in [1.54, 1.807) is 6.07 Å². The molecule has 28 heavy (non-hydrogen) atoms. The summed E-state index contributed by atoms with van der Waals surface area (Å²) in [5, 5.41) is 11.4. The van der Waals surface area contributed by atoms with Crippen LogP contribution >= 0.6 is 23.2 Å². The van der Waals surface area contributed by atoms with E-state index in [9.17, 15) is 9.90 Å². The highest BCUT2D eigenvalue weighted by molar-refractivity contribution is 6.42. The lowest BCUT2D eigenvalue weighted by molar-refractivity contribution is -0.143. The van der Waals surface area contributed by atoms with Crippen LogP contribution in [0.3, 0.4) is 0 Å². The fraction of sp³-hybridized carbons (Fsp3) is 0.273. The molecule has 0 bridgehead atoms. The SMILES string of the molecule is O=C(O)C1CCN(C(c2ccc3ccccc3n2)c2cccc(Cl)c2Cl)CC1. The molecule has 3 aromatic rings. The van der Waals surface area contributed by atoms with Crippen molar-refractivity contribution in [1.82, 2.24) is 9.88 Å². The normalized spacial score (nSPS) is 16.9. The highest BCUT2D eigenvalue weighted by Gasteiger charge is 2.32. The summed E-state index contributed by atoms with van der Waals surface area (Å²) in [6.07, 6.45) is 1.22. The van der Waals surface area contributed by atoms with Crippen LogP contribution in [0.5, 0.6) is 0 Å². The minimum absolute atomic E-state index is 0.175. The number of carbonyl (C=O) groups is 1. The Morgan fingerprint density at radius 3 is 2.54 bits per heavy atom. The standard InChI is InChI=1S/C22H20Cl2N2O2/c23-17-6-3-5-16(20(17)24)21(26-12-10-15(11-13-26)22(27)28)19-9-8-14-4-1-2-7-18(14)25-19/h1-9,15,21H,10-13H2,(H,27,28). The summed E-state index contributed by atoms with van der Waals surface area (Å²) in [4.78, 5) is 18.5. The van der Waals surface area contributed by atoms with Crippen LogP contribution in [0.4, 0.5) is 0 Å². The fourth-order valence-corrected chi connectivity index (χ4v) is 4.32. The summed E-state index contributed by atoms with van der Waals surface area (Å²) in [5.74, 6) is -1.02. The molecule has 1 N–H and O–H groups in total. The van der Waals surface area contributed by atoms with Gasteiger partial charge in [-0.05, 0) is 49.7 Å². The number of para-hydroxylation sites is 1.